The van der Waals surface area contributed by atoms with Crippen LogP contribution in [-0.2, 0) is 0 Å². The monoisotopic (exact) mass is 398 g/mol. The Morgan fingerprint density at radius 2 is 2.04 bits per heavy atom. The summed E-state index contributed by atoms with van der Waals surface area (Å²) in [5.41, 5.74) is 0.836. The van der Waals surface area contributed by atoms with Crippen LogP contribution in [0.5, 0.6) is 5.75 Å². The summed E-state index contributed by atoms with van der Waals surface area (Å²) in [4.78, 5) is 32.3. The number of carbonyl (C=O) groups is 1. The van der Waals surface area contributed by atoms with E-state index in [1.807, 2.05) is 24.3 Å². The summed E-state index contributed by atoms with van der Waals surface area (Å²) < 4.78 is 6.65. The lowest BCUT2D eigenvalue weighted by molar-refractivity contribution is 0.0936. The van der Waals surface area contributed by atoms with Gasteiger partial charge >= 0.3 is 0 Å². The number of thiazole rings is 1. The van der Waals surface area contributed by atoms with Crippen LogP contribution < -0.4 is 15.6 Å². The molecule has 1 aromatic carbocycles. The fourth-order valence-corrected chi connectivity index (χ4v) is 4.28. The third-order valence-electron chi connectivity index (χ3n) is 5.13. The van der Waals surface area contributed by atoms with E-state index in [0.29, 0.717) is 11.5 Å². The topological polar surface area (TPSA) is 75.9 Å². The first-order chi connectivity index (χ1) is 13.7. The lowest BCUT2D eigenvalue weighted by Gasteiger charge is -2.28. The van der Waals surface area contributed by atoms with Gasteiger partial charge in [-0.25, -0.2) is 4.98 Å². The van der Waals surface area contributed by atoms with Crippen LogP contribution in [0.3, 0.4) is 0 Å². The van der Waals surface area contributed by atoms with Crippen LogP contribution in [0.1, 0.15) is 34.8 Å². The molecule has 0 spiro atoms. The van der Waals surface area contributed by atoms with Gasteiger partial charge in [0.25, 0.3) is 11.5 Å². The highest BCUT2D eigenvalue weighted by molar-refractivity contribution is 7.15. The van der Waals surface area contributed by atoms with Crippen LogP contribution in [0.4, 0.5) is 0 Å². The lowest BCUT2D eigenvalue weighted by Crippen LogP contribution is -2.38. The SMILES string of the molecule is COc1ccc([C@H](CNC(=O)c2cnc3sccn3c2=O)N2CCCC2)cc1. The molecule has 0 saturated carbocycles. The third kappa shape index (κ3) is 3.65. The summed E-state index contributed by atoms with van der Waals surface area (Å²) in [6, 6.07) is 7.98. The molecule has 7 nitrogen and oxygen atoms in total. The average molecular weight is 398 g/mol. The van der Waals surface area contributed by atoms with E-state index in [1.54, 1.807) is 18.7 Å². The van der Waals surface area contributed by atoms with E-state index < -0.39 is 5.91 Å². The highest BCUT2D eigenvalue weighted by Crippen LogP contribution is 2.26. The molecular formula is C20H22N4O3S. The summed E-state index contributed by atoms with van der Waals surface area (Å²) in [6.45, 7) is 2.42. The minimum absolute atomic E-state index is 0.0537. The number of nitrogens with one attached hydrogen (secondary N) is 1. The first kappa shape index (κ1) is 18.6. The van der Waals surface area contributed by atoms with Gasteiger partial charge in [0.1, 0.15) is 11.3 Å². The van der Waals surface area contributed by atoms with Crippen LogP contribution in [-0.4, -0.2) is 46.9 Å². The lowest BCUT2D eigenvalue weighted by atomic mass is 10.0. The van der Waals surface area contributed by atoms with Gasteiger partial charge in [0.2, 0.25) is 0 Å². The number of hydrogen-bond donors (Lipinski definition) is 1. The number of ether oxygens (including phenoxy) is 1. The molecule has 0 aliphatic carbocycles. The highest BCUT2D eigenvalue weighted by atomic mass is 32.1. The zero-order valence-corrected chi connectivity index (χ0v) is 16.4. The van der Waals surface area contributed by atoms with E-state index >= 15 is 0 Å². The van der Waals surface area contributed by atoms with E-state index in [4.69, 9.17) is 4.74 Å². The maximum absolute atomic E-state index is 12.7. The molecule has 1 aliphatic rings. The van der Waals surface area contributed by atoms with Crippen molar-refractivity contribution in [2.45, 2.75) is 18.9 Å². The summed E-state index contributed by atoms with van der Waals surface area (Å²) in [7, 11) is 1.64. The molecule has 1 N–H and O–H groups in total. The first-order valence-electron chi connectivity index (χ1n) is 9.28. The minimum atomic E-state index is -0.393. The second kappa shape index (κ2) is 8.12. The first-order valence-corrected chi connectivity index (χ1v) is 10.2. The van der Waals surface area contributed by atoms with Crippen molar-refractivity contribution < 1.29 is 9.53 Å². The summed E-state index contributed by atoms with van der Waals surface area (Å²) in [5, 5.41) is 4.72. The van der Waals surface area contributed by atoms with E-state index in [0.717, 1.165) is 37.2 Å². The van der Waals surface area contributed by atoms with Crippen LogP contribution >= 0.6 is 11.3 Å². The molecule has 0 unspecified atom stereocenters. The van der Waals surface area contributed by atoms with Crippen molar-refractivity contribution in [2.24, 2.45) is 0 Å². The molecule has 146 valence electrons. The number of methoxy groups -OCH3 is 1. The van der Waals surface area contributed by atoms with E-state index in [-0.39, 0.29) is 17.2 Å². The Hall–Kier alpha value is -2.71. The zero-order valence-electron chi connectivity index (χ0n) is 15.6. The quantitative estimate of drug-likeness (QED) is 0.690. The van der Waals surface area contributed by atoms with E-state index in [9.17, 15) is 9.59 Å². The van der Waals surface area contributed by atoms with Gasteiger partial charge in [0.05, 0.1) is 13.2 Å². The Bertz CT molecular complexity index is 1020. The average Bonchev–Trinajstić information content (AvgIpc) is 3.41. The number of carbonyl (C=O) groups excluding carboxylic acids is 1. The molecule has 1 saturated heterocycles. The van der Waals surface area contributed by atoms with E-state index in [2.05, 4.69) is 15.2 Å². The third-order valence-corrected chi connectivity index (χ3v) is 5.90. The van der Waals surface area contributed by atoms with Crippen molar-refractivity contribution in [1.82, 2.24) is 19.6 Å². The van der Waals surface area contributed by atoms with Crippen molar-refractivity contribution in [3.05, 3.63) is 63.5 Å². The molecule has 1 atom stereocenters. The normalized spacial score (nSPS) is 15.6. The van der Waals surface area contributed by atoms with Gasteiger partial charge in [0, 0.05) is 24.3 Å². The minimum Gasteiger partial charge on any atom is -0.497 e. The van der Waals surface area contributed by atoms with Crippen LogP contribution in [0.15, 0.2) is 46.8 Å². The molecule has 4 rings (SSSR count). The molecular weight excluding hydrogens is 376 g/mol. The fourth-order valence-electron chi connectivity index (χ4n) is 3.60. The fraction of sp³-hybridized carbons (Fsp3) is 0.350. The number of rotatable bonds is 6. The van der Waals surface area contributed by atoms with Crippen molar-refractivity contribution in [1.29, 1.82) is 0 Å². The molecule has 3 heterocycles. The van der Waals surface area contributed by atoms with Gasteiger partial charge in [-0.2, -0.15) is 0 Å². The smallest absolute Gasteiger partial charge is 0.271 e. The number of likely N-dealkylation sites (tertiary alicyclic amines) is 1. The Balaban J connectivity index is 1.53. The molecule has 0 bridgehead atoms. The van der Waals surface area contributed by atoms with Crippen LogP contribution in [0.25, 0.3) is 4.96 Å². The van der Waals surface area contributed by atoms with Gasteiger partial charge < -0.3 is 10.1 Å². The number of hydrogen-bond acceptors (Lipinski definition) is 6. The second-order valence-corrected chi connectivity index (χ2v) is 7.65. The number of nitrogens with zero attached hydrogens (tertiary/aromatic N) is 3. The molecule has 1 amide bonds. The van der Waals surface area contributed by atoms with E-state index in [1.165, 1.54) is 21.9 Å². The Labute approximate surface area is 166 Å². The number of fused-ring (bicyclic) bond motifs is 1. The van der Waals surface area contributed by atoms with Crippen molar-refractivity contribution in [3.63, 3.8) is 0 Å². The van der Waals surface area contributed by atoms with Crippen molar-refractivity contribution in [3.8, 4) is 5.75 Å². The Kier molecular flexibility index (Phi) is 5.40. The Morgan fingerprint density at radius 1 is 1.29 bits per heavy atom. The summed E-state index contributed by atoms with van der Waals surface area (Å²) in [5.74, 6) is 0.409. The Morgan fingerprint density at radius 3 is 2.75 bits per heavy atom. The molecule has 3 aromatic rings. The van der Waals surface area contributed by atoms with Gasteiger partial charge in [-0.3, -0.25) is 18.9 Å². The molecule has 8 heteroatoms. The predicted octanol–water partition coefficient (Wildman–Crippen LogP) is 2.33. The maximum Gasteiger partial charge on any atom is 0.271 e. The molecule has 1 fully saturated rings. The number of aromatic nitrogens is 2. The maximum atomic E-state index is 12.7. The molecule has 2 aromatic heterocycles. The molecule has 28 heavy (non-hydrogen) atoms. The number of amides is 1. The number of benzene rings is 1. The standard InChI is InChI=1S/C20H22N4O3S/c1-27-15-6-4-14(5-7-15)17(23-8-2-3-9-23)13-21-18(25)16-12-22-20-24(19(16)26)10-11-28-20/h4-7,10-12,17H,2-3,8-9,13H2,1H3,(H,21,25)/t17-/m0/s1. The highest BCUT2D eigenvalue weighted by Gasteiger charge is 2.25. The van der Waals surface area contributed by atoms with Crippen molar-refractivity contribution in [2.75, 3.05) is 26.7 Å². The second-order valence-electron chi connectivity index (χ2n) is 6.77. The molecule has 1 aliphatic heterocycles. The summed E-state index contributed by atoms with van der Waals surface area (Å²) in [6.07, 6.45) is 5.31. The van der Waals surface area contributed by atoms with Gasteiger partial charge in [-0.15, -0.1) is 11.3 Å². The predicted molar refractivity (Wildman–Crippen MR) is 108 cm³/mol. The van der Waals surface area contributed by atoms with Crippen LogP contribution in [0, 0.1) is 0 Å². The van der Waals surface area contributed by atoms with Gasteiger partial charge in [0.15, 0.2) is 4.96 Å². The zero-order chi connectivity index (χ0) is 19.5. The largest absolute Gasteiger partial charge is 0.497 e. The van der Waals surface area contributed by atoms with Crippen molar-refractivity contribution >= 4 is 22.2 Å². The van der Waals surface area contributed by atoms with Gasteiger partial charge in [-0.05, 0) is 43.6 Å². The molecule has 0 radical (unpaired) electrons. The van der Waals surface area contributed by atoms with Crippen LogP contribution in [0.2, 0.25) is 0 Å². The van der Waals surface area contributed by atoms with Gasteiger partial charge in [-0.1, -0.05) is 12.1 Å². The summed E-state index contributed by atoms with van der Waals surface area (Å²) >= 11 is 1.36.